The van der Waals surface area contributed by atoms with E-state index in [9.17, 15) is 0 Å². The molecule has 1 aliphatic rings. The minimum Gasteiger partial charge on any atom is -0.355 e. The van der Waals surface area contributed by atoms with E-state index in [2.05, 4.69) is 48.0 Å². The molecule has 0 amide bonds. The van der Waals surface area contributed by atoms with Crippen molar-refractivity contribution in [1.29, 1.82) is 0 Å². The van der Waals surface area contributed by atoms with Gasteiger partial charge in [0.2, 0.25) is 5.95 Å². The van der Waals surface area contributed by atoms with Gasteiger partial charge in [0.15, 0.2) is 5.82 Å². The van der Waals surface area contributed by atoms with Gasteiger partial charge in [-0.05, 0) is 37.5 Å². The SMILES string of the molecule is CCCNc1ncc(Cl)c(N(C)C2CCC(C)(C)CC2)n1. The molecule has 1 aliphatic carbocycles. The van der Waals surface area contributed by atoms with Crippen molar-refractivity contribution in [2.24, 2.45) is 5.41 Å². The molecule has 2 rings (SSSR count). The molecule has 0 aliphatic heterocycles. The van der Waals surface area contributed by atoms with E-state index in [1.54, 1.807) is 6.20 Å². The van der Waals surface area contributed by atoms with Crippen molar-refractivity contribution in [3.63, 3.8) is 0 Å². The highest BCUT2D eigenvalue weighted by molar-refractivity contribution is 6.32. The standard InChI is InChI=1S/C16H27ClN4/c1-5-10-18-15-19-11-13(17)14(20-15)21(4)12-6-8-16(2,3)9-7-12/h11-12H,5-10H2,1-4H3,(H,18,19,20). The molecule has 1 aromatic heterocycles. The Hall–Kier alpha value is -1.03. The van der Waals surface area contributed by atoms with Crippen LogP contribution in [0.2, 0.25) is 5.02 Å². The van der Waals surface area contributed by atoms with Gasteiger partial charge in [-0.15, -0.1) is 0 Å². The van der Waals surface area contributed by atoms with Gasteiger partial charge in [-0.25, -0.2) is 4.98 Å². The molecule has 0 aromatic carbocycles. The lowest BCUT2D eigenvalue weighted by molar-refractivity contribution is 0.222. The van der Waals surface area contributed by atoms with Gasteiger partial charge in [0, 0.05) is 19.6 Å². The van der Waals surface area contributed by atoms with Crippen molar-refractivity contribution in [3.8, 4) is 0 Å². The Bertz CT molecular complexity index is 465. The fourth-order valence-electron chi connectivity index (χ4n) is 2.87. The van der Waals surface area contributed by atoms with Crippen molar-refractivity contribution < 1.29 is 0 Å². The van der Waals surface area contributed by atoms with E-state index in [0.717, 1.165) is 18.8 Å². The summed E-state index contributed by atoms with van der Waals surface area (Å²) >= 11 is 6.31. The van der Waals surface area contributed by atoms with E-state index in [1.165, 1.54) is 25.7 Å². The van der Waals surface area contributed by atoms with Gasteiger partial charge in [0.05, 0.1) is 6.20 Å². The number of aromatic nitrogens is 2. The third kappa shape index (κ3) is 4.22. The maximum atomic E-state index is 6.31. The van der Waals surface area contributed by atoms with Crippen LogP contribution in [0, 0.1) is 5.41 Å². The summed E-state index contributed by atoms with van der Waals surface area (Å²) in [7, 11) is 2.10. The molecule has 0 saturated heterocycles. The first-order valence-corrected chi connectivity index (χ1v) is 8.30. The molecule has 1 heterocycles. The molecule has 1 aromatic rings. The lowest BCUT2D eigenvalue weighted by Gasteiger charge is -2.39. The molecule has 0 unspecified atom stereocenters. The highest BCUT2D eigenvalue weighted by atomic mass is 35.5. The van der Waals surface area contributed by atoms with Crippen molar-refractivity contribution >= 4 is 23.4 Å². The molecule has 4 nitrogen and oxygen atoms in total. The minimum absolute atomic E-state index is 0.473. The number of nitrogens with one attached hydrogen (secondary N) is 1. The first-order chi connectivity index (χ1) is 9.93. The van der Waals surface area contributed by atoms with Gasteiger partial charge < -0.3 is 10.2 Å². The van der Waals surface area contributed by atoms with Crippen LogP contribution in [0.3, 0.4) is 0 Å². The Kier molecular flexibility index (Phi) is 5.31. The van der Waals surface area contributed by atoms with Crippen LogP contribution in [0.1, 0.15) is 52.9 Å². The summed E-state index contributed by atoms with van der Waals surface area (Å²) < 4.78 is 0. The molecule has 1 N–H and O–H groups in total. The van der Waals surface area contributed by atoms with Crippen molar-refractivity contribution in [2.75, 3.05) is 23.8 Å². The lowest BCUT2D eigenvalue weighted by atomic mass is 9.75. The average molecular weight is 311 g/mol. The predicted molar refractivity (Wildman–Crippen MR) is 90.3 cm³/mol. The fourth-order valence-corrected chi connectivity index (χ4v) is 3.10. The van der Waals surface area contributed by atoms with Gasteiger partial charge in [-0.3, -0.25) is 0 Å². The molecular weight excluding hydrogens is 284 g/mol. The van der Waals surface area contributed by atoms with Crippen LogP contribution in [0.15, 0.2) is 6.20 Å². The van der Waals surface area contributed by atoms with Gasteiger partial charge >= 0.3 is 0 Å². The number of hydrogen-bond donors (Lipinski definition) is 1. The van der Waals surface area contributed by atoms with Crippen LogP contribution < -0.4 is 10.2 Å². The molecule has 5 heteroatoms. The minimum atomic E-state index is 0.473. The Morgan fingerprint density at radius 3 is 2.67 bits per heavy atom. The smallest absolute Gasteiger partial charge is 0.224 e. The Balaban J connectivity index is 2.09. The molecule has 0 atom stereocenters. The summed E-state index contributed by atoms with van der Waals surface area (Å²) in [5.74, 6) is 1.51. The fraction of sp³-hybridized carbons (Fsp3) is 0.750. The zero-order valence-corrected chi connectivity index (χ0v) is 14.4. The number of anilines is 2. The van der Waals surface area contributed by atoms with Crippen molar-refractivity contribution in [2.45, 2.75) is 58.9 Å². The van der Waals surface area contributed by atoms with Crippen LogP contribution in [0.5, 0.6) is 0 Å². The second kappa shape index (κ2) is 6.82. The number of rotatable bonds is 5. The van der Waals surface area contributed by atoms with E-state index in [1.807, 2.05) is 0 Å². The van der Waals surface area contributed by atoms with Crippen LogP contribution in [0.25, 0.3) is 0 Å². The Labute approximate surface area is 133 Å². The summed E-state index contributed by atoms with van der Waals surface area (Å²) in [6.45, 7) is 7.71. The van der Waals surface area contributed by atoms with Crippen LogP contribution in [-0.4, -0.2) is 29.6 Å². The molecule has 1 saturated carbocycles. The van der Waals surface area contributed by atoms with E-state index in [4.69, 9.17) is 11.6 Å². The van der Waals surface area contributed by atoms with Gasteiger partial charge in [-0.2, -0.15) is 4.98 Å². The summed E-state index contributed by atoms with van der Waals surface area (Å²) in [4.78, 5) is 11.1. The van der Waals surface area contributed by atoms with Gasteiger partial charge in [0.25, 0.3) is 0 Å². The predicted octanol–water partition coefficient (Wildman–Crippen LogP) is 4.36. The second-order valence-corrected chi connectivity index (χ2v) is 7.21. The normalized spacial score (nSPS) is 18.5. The van der Waals surface area contributed by atoms with Crippen LogP contribution in [-0.2, 0) is 0 Å². The first-order valence-electron chi connectivity index (χ1n) is 7.92. The largest absolute Gasteiger partial charge is 0.355 e. The first kappa shape index (κ1) is 16.3. The topological polar surface area (TPSA) is 41.1 Å². The summed E-state index contributed by atoms with van der Waals surface area (Å²) in [5.41, 5.74) is 0.473. The molecule has 21 heavy (non-hydrogen) atoms. The number of nitrogens with zero attached hydrogens (tertiary/aromatic N) is 3. The molecule has 0 spiro atoms. The Morgan fingerprint density at radius 1 is 1.38 bits per heavy atom. The highest BCUT2D eigenvalue weighted by Gasteiger charge is 2.30. The summed E-state index contributed by atoms with van der Waals surface area (Å²) in [6, 6.07) is 0.518. The van der Waals surface area contributed by atoms with E-state index >= 15 is 0 Å². The number of halogens is 1. The Morgan fingerprint density at radius 2 is 2.05 bits per heavy atom. The highest BCUT2D eigenvalue weighted by Crippen LogP contribution is 2.38. The summed E-state index contributed by atoms with van der Waals surface area (Å²) in [5, 5.41) is 3.85. The van der Waals surface area contributed by atoms with Crippen LogP contribution in [0.4, 0.5) is 11.8 Å². The molecular formula is C16H27ClN4. The third-order valence-electron chi connectivity index (χ3n) is 4.45. The van der Waals surface area contributed by atoms with E-state index < -0.39 is 0 Å². The number of hydrogen-bond acceptors (Lipinski definition) is 4. The third-order valence-corrected chi connectivity index (χ3v) is 4.72. The zero-order valence-electron chi connectivity index (χ0n) is 13.6. The molecule has 0 bridgehead atoms. The van der Waals surface area contributed by atoms with Crippen molar-refractivity contribution in [3.05, 3.63) is 11.2 Å². The van der Waals surface area contributed by atoms with Gasteiger partial charge in [-0.1, -0.05) is 32.4 Å². The average Bonchev–Trinajstić information content (AvgIpc) is 2.46. The molecule has 0 radical (unpaired) electrons. The van der Waals surface area contributed by atoms with Gasteiger partial charge in [0.1, 0.15) is 5.02 Å². The monoisotopic (exact) mass is 310 g/mol. The lowest BCUT2D eigenvalue weighted by Crippen LogP contribution is -2.38. The summed E-state index contributed by atoms with van der Waals surface area (Å²) in [6.07, 6.45) is 7.65. The maximum Gasteiger partial charge on any atom is 0.224 e. The van der Waals surface area contributed by atoms with E-state index in [-0.39, 0.29) is 0 Å². The zero-order chi connectivity index (χ0) is 15.5. The van der Waals surface area contributed by atoms with Crippen LogP contribution >= 0.6 is 11.6 Å². The van der Waals surface area contributed by atoms with E-state index in [0.29, 0.717) is 22.4 Å². The second-order valence-electron chi connectivity index (χ2n) is 6.80. The van der Waals surface area contributed by atoms with Crippen molar-refractivity contribution in [1.82, 2.24) is 9.97 Å². The molecule has 118 valence electrons. The quantitative estimate of drug-likeness (QED) is 0.877. The molecule has 1 fully saturated rings. The maximum absolute atomic E-state index is 6.31.